The van der Waals surface area contributed by atoms with E-state index < -0.39 is 6.03 Å². The zero-order valence-electron chi connectivity index (χ0n) is 12.4. The quantitative estimate of drug-likeness (QED) is 0.733. The average Bonchev–Trinajstić information content (AvgIpc) is 3.09. The fourth-order valence-electron chi connectivity index (χ4n) is 3.06. The number of nitrogens with zero attached hydrogens (tertiary/aromatic N) is 1. The summed E-state index contributed by atoms with van der Waals surface area (Å²) in [6, 6.07) is -0.647. The van der Waals surface area contributed by atoms with Gasteiger partial charge in [0.15, 0.2) is 0 Å². The van der Waals surface area contributed by atoms with Gasteiger partial charge in [-0.15, -0.1) is 0 Å². The first-order chi connectivity index (χ1) is 10.1. The molecule has 1 atom stereocenters. The molecule has 7 heteroatoms. The summed E-state index contributed by atoms with van der Waals surface area (Å²) in [5.41, 5.74) is 0. The molecule has 3 amide bonds. The molecule has 1 saturated carbocycles. The van der Waals surface area contributed by atoms with Crippen LogP contribution in [0.1, 0.15) is 38.5 Å². The lowest BCUT2D eigenvalue weighted by Crippen LogP contribution is -2.48. The summed E-state index contributed by atoms with van der Waals surface area (Å²) in [6.07, 6.45) is 5.72. The number of ether oxygens (including phenoxy) is 1. The highest BCUT2D eigenvalue weighted by atomic mass is 16.5. The molecule has 1 saturated heterocycles. The van der Waals surface area contributed by atoms with Gasteiger partial charge in [-0.05, 0) is 32.2 Å². The molecule has 0 aromatic carbocycles. The molecule has 2 rings (SSSR count). The van der Waals surface area contributed by atoms with E-state index in [0.717, 1.165) is 32.1 Å². The minimum absolute atomic E-state index is 0.0395. The number of likely N-dealkylation sites (tertiary alicyclic amines) is 1. The number of urea groups is 1. The monoisotopic (exact) mass is 297 g/mol. The van der Waals surface area contributed by atoms with Gasteiger partial charge in [-0.1, -0.05) is 12.8 Å². The summed E-state index contributed by atoms with van der Waals surface area (Å²) < 4.78 is 4.72. The molecule has 118 valence electrons. The fourth-order valence-corrected chi connectivity index (χ4v) is 3.06. The van der Waals surface area contributed by atoms with Crippen LogP contribution in [-0.2, 0) is 14.3 Å². The van der Waals surface area contributed by atoms with E-state index in [9.17, 15) is 14.4 Å². The maximum absolute atomic E-state index is 11.9. The van der Waals surface area contributed by atoms with Crippen LogP contribution in [-0.4, -0.2) is 55.1 Å². The van der Waals surface area contributed by atoms with E-state index in [1.807, 2.05) is 0 Å². The maximum atomic E-state index is 11.9. The normalized spacial score (nSPS) is 23.0. The van der Waals surface area contributed by atoms with Crippen LogP contribution in [0.25, 0.3) is 0 Å². The lowest BCUT2D eigenvalue weighted by molar-refractivity contribution is -0.146. The first-order valence-electron chi connectivity index (χ1n) is 7.52. The predicted molar refractivity (Wildman–Crippen MR) is 75.5 cm³/mol. The van der Waals surface area contributed by atoms with Gasteiger partial charge in [-0.3, -0.25) is 19.8 Å². The number of esters is 1. The Balaban J connectivity index is 1.75. The van der Waals surface area contributed by atoms with Gasteiger partial charge in [-0.25, -0.2) is 4.79 Å². The highest BCUT2D eigenvalue weighted by Crippen LogP contribution is 2.18. The van der Waals surface area contributed by atoms with Gasteiger partial charge in [-0.2, -0.15) is 0 Å². The molecule has 0 aromatic heterocycles. The number of hydrogen-bond acceptors (Lipinski definition) is 5. The van der Waals surface area contributed by atoms with Gasteiger partial charge < -0.3 is 10.1 Å². The third-order valence-electron chi connectivity index (χ3n) is 4.13. The second kappa shape index (κ2) is 7.40. The molecule has 0 bridgehead atoms. The van der Waals surface area contributed by atoms with Crippen LogP contribution in [0.15, 0.2) is 0 Å². The van der Waals surface area contributed by atoms with Crippen LogP contribution in [0.2, 0.25) is 0 Å². The first kappa shape index (κ1) is 15.8. The Morgan fingerprint density at radius 3 is 2.52 bits per heavy atom. The van der Waals surface area contributed by atoms with Gasteiger partial charge in [0, 0.05) is 6.04 Å². The van der Waals surface area contributed by atoms with E-state index in [1.165, 1.54) is 7.11 Å². The zero-order chi connectivity index (χ0) is 15.2. The Bertz CT molecular complexity index is 407. The molecule has 1 unspecified atom stereocenters. The molecule has 2 aliphatic rings. The lowest BCUT2D eigenvalue weighted by Gasteiger charge is -2.21. The Kier molecular flexibility index (Phi) is 5.55. The van der Waals surface area contributed by atoms with Gasteiger partial charge in [0.25, 0.3) is 0 Å². The predicted octanol–water partition coefficient (Wildman–Crippen LogP) is 0.392. The Morgan fingerprint density at radius 1 is 1.14 bits per heavy atom. The number of imide groups is 1. The second-order valence-electron chi connectivity index (χ2n) is 5.65. The molecule has 7 nitrogen and oxygen atoms in total. The Hall–Kier alpha value is -1.63. The maximum Gasteiger partial charge on any atom is 0.323 e. The number of nitrogens with one attached hydrogen (secondary N) is 2. The van der Waals surface area contributed by atoms with Crippen molar-refractivity contribution in [2.24, 2.45) is 0 Å². The molecule has 1 heterocycles. The summed E-state index contributed by atoms with van der Waals surface area (Å²) in [5.74, 6) is -0.711. The van der Waals surface area contributed by atoms with E-state index in [4.69, 9.17) is 4.74 Å². The van der Waals surface area contributed by atoms with Crippen molar-refractivity contribution in [3.05, 3.63) is 0 Å². The largest absolute Gasteiger partial charge is 0.468 e. The van der Waals surface area contributed by atoms with E-state index in [1.54, 1.807) is 4.90 Å². The smallest absolute Gasteiger partial charge is 0.323 e. The minimum Gasteiger partial charge on any atom is -0.468 e. The van der Waals surface area contributed by atoms with Gasteiger partial charge in [0.1, 0.15) is 6.04 Å². The van der Waals surface area contributed by atoms with E-state index >= 15 is 0 Å². The molecule has 2 fully saturated rings. The van der Waals surface area contributed by atoms with Gasteiger partial charge in [0.05, 0.1) is 13.7 Å². The minimum atomic E-state index is -0.444. The van der Waals surface area contributed by atoms with Crippen molar-refractivity contribution in [1.29, 1.82) is 0 Å². The highest BCUT2D eigenvalue weighted by molar-refractivity contribution is 5.95. The fraction of sp³-hybridized carbons (Fsp3) is 0.786. The number of carbonyl (C=O) groups is 3. The molecule has 0 spiro atoms. The van der Waals surface area contributed by atoms with Crippen LogP contribution in [0.5, 0.6) is 0 Å². The molecular weight excluding hydrogens is 274 g/mol. The molecule has 2 N–H and O–H groups in total. The van der Waals surface area contributed by atoms with E-state index in [2.05, 4.69) is 10.6 Å². The van der Waals surface area contributed by atoms with Crippen molar-refractivity contribution in [3.63, 3.8) is 0 Å². The SMILES string of the molecule is COC(=O)C1CCCN1CC(=O)NC(=O)NC1CCCC1. The van der Waals surface area contributed by atoms with Crippen molar-refractivity contribution < 1.29 is 19.1 Å². The highest BCUT2D eigenvalue weighted by Gasteiger charge is 2.32. The molecule has 21 heavy (non-hydrogen) atoms. The van der Waals surface area contributed by atoms with Crippen molar-refractivity contribution in [2.45, 2.75) is 50.6 Å². The molecular formula is C14H23N3O4. The average molecular weight is 297 g/mol. The van der Waals surface area contributed by atoms with Crippen LogP contribution >= 0.6 is 0 Å². The first-order valence-corrected chi connectivity index (χ1v) is 7.52. The number of carbonyl (C=O) groups excluding carboxylic acids is 3. The molecule has 1 aliphatic heterocycles. The zero-order valence-corrected chi connectivity index (χ0v) is 12.4. The Labute approximate surface area is 124 Å². The summed E-state index contributed by atoms with van der Waals surface area (Å²) >= 11 is 0. The third kappa shape index (κ3) is 4.42. The second-order valence-corrected chi connectivity index (χ2v) is 5.65. The number of hydrogen-bond donors (Lipinski definition) is 2. The van der Waals surface area contributed by atoms with Crippen molar-refractivity contribution >= 4 is 17.9 Å². The standard InChI is InChI=1S/C14H23N3O4/c1-21-13(19)11-7-4-8-17(11)9-12(18)16-14(20)15-10-5-2-3-6-10/h10-11H,2-9H2,1H3,(H2,15,16,18,20). The van der Waals surface area contributed by atoms with E-state index in [-0.39, 0.29) is 30.5 Å². The van der Waals surface area contributed by atoms with Gasteiger partial charge >= 0.3 is 12.0 Å². The van der Waals surface area contributed by atoms with Crippen molar-refractivity contribution in [1.82, 2.24) is 15.5 Å². The Morgan fingerprint density at radius 2 is 1.86 bits per heavy atom. The van der Waals surface area contributed by atoms with E-state index in [0.29, 0.717) is 13.0 Å². The molecule has 1 aliphatic carbocycles. The molecule has 0 radical (unpaired) electrons. The summed E-state index contributed by atoms with van der Waals surface area (Å²) in [6.45, 7) is 0.704. The number of rotatable bonds is 4. The van der Waals surface area contributed by atoms with Crippen LogP contribution in [0.4, 0.5) is 4.79 Å². The van der Waals surface area contributed by atoms with Crippen LogP contribution in [0, 0.1) is 0 Å². The van der Waals surface area contributed by atoms with Gasteiger partial charge in [0.2, 0.25) is 5.91 Å². The summed E-state index contributed by atoms with van der Waals surface area (Å²) in [4.78, 5) is 36.9. The van der Waals surface area contributed by atoms with Crippen LogP contribution in [0.3, 0.4) is 0 Å². The summed E-state index contributed by atoms with van der Waals surface area (Å²) in [7, 11) is 1.34. The molecule has 0 aromatic rings. The topological polar surface area (TPSA) is 87.7 Å². The lowest BCUT2D eigenvalue weighted by atomic mass is 10.2. The summed E-state index contributed by atoms with van der Waals surface area (Å²) in [5, 5.41) is 5.13. The van der Waals surface area contributed by atoms with Crippen LogP contribution < -0.4 is 10.6 Å². The van der Waals surface area contributed by atoms with Crippen molar-refractivity contribution in [3.8, 4) is 0 Å². The number of amides is 3. The number of methoxy groups -OCH3 is 1. The van der Waals surface area contributed by atoms with Crippen molar-refractivity contribution in [2.75, 3.05) is 20.2 Å². The third-order valence-corrected chi connectivity index (χ3v) is 4.13.